The molecule has 3 atom stereocenters. The number of ether oxygens (including phenoxy) is 2. The number of rotatable bonds is 4. The summed E-state index contributed by atoms with van der Waals surface area (Å²) in [4.78, 5) is 24.0. The lowest BCUT2D eigenvalue weighted by Crippen LogP contribution is -2.36. The van der Waals surface area contributed by atoms with E-state index < -0.39 is 35.7 Å². The predicted octanol–water partition coefficient (Wildman–Crippen LogP) is 3.17. The van der Waals surface area contributed by atoms with Crippen molar-refractivity contribution in [2.75, 3.05) is 0 Å². The maximum Gasteiger partial charge on any atom is 0.338 e. The van der Waals surface area contributed by atoms with Crippen molar-refractivity contribution >= 4 is 11.9 Å². The molecule has 1 heterocycles. The minimum atomic E-state index is -1.08. The molecule has 1 N–H and O–H groups in total. The van der Waals surface area contributed by atoms with Crippen LogP contribution >= 0.6 is 0 Å². The monoisotopic (exact) mass is 334 g/mol. The van der Waals surface area contributed by atoms with Gasteiger partial charge in [-0.15, -0.1) is 0 Å². The molecule has 0 spiro atoms. The minimum absolute atomic E-state index is 0.240. The first kappa shape index (κ1) is 18.5. The van der Waals surface area contributed by atoms with Gasteiger partial charge in [0.15, 0.2) is 6.10 Å². The van der Waals surface area contributed by atoms with Gasteiger partial charge in [-0.05, 0) is 43.9 Å². The SMILES string of the molecule is Cc1cc(C)c(CC(C(=O)O)C2O[C@H](C(C)(C)C)OC2=O)c(C)c1. The van der Waals surface area contributed by atoms with Crippen molar-refractivity contribution in [3.63, 3.8) is 0 Å². The van der Waals surface area contributed by atoms with Gasteiger partial charge in [-0.25, -0.2) is 4.79 Å². The van der Waals surface area contributed by atoms with E-state index in [1.807, 2.05) is 53.7 Å². The summed E-state index contributed by atoms with van der Waals surface area (Å²) in [7, 11) is 0. The van der Waals surface area contributed by atoms with Gasteiger partial charge < -0.3 is 14.6 Å². The van der Waals surface area contributed by atoms with Gasteiger partial charge in [0.2, 0.25) is 6.29 Å². The van der Waals surface area contributed by atoms with Gasteiger partial charge >= 0.3 is 11.9 Å². The maximum atomic E-state index is 12.2. The van der Waals surface area contributed by atoms with E-state index in [1.54, 1.807) is 0 Å². The zero-order chi connectivity index (χ0) is 18.2. The third-order valence-corrected chi connectivity index (χ3v) is 4.38. The first-order valence-corrected chi connectivity index (χ1v) is 8.16. The molecule has 0 bridgehead atoms. The molecule has 0 aromatic heterocycles. The fraction of sp³-hybridized carbons (Fsp3) is 0.579. The van der Waals surface area contributed by atoms with Crippen LogP contribution in [0.25, 0.3) is 0 Å². The zero-order valence-electron chi connectivity index (χ0n) is 15.2. The summed E-state index contributed by atoms with van der Waals surface area (Å²) in [5.41, 5.74) is 3.73. The average molecular weight is 334 g/mol. The van der Waals surface area contributed by atoms with Gasteiger partial charge in [-0.1, -0.05) is 38.5 Å². The molecular weight excluding hydrogens is 308 g/mol. The maximum absolute atomic E-state index is 12.2. The van der Waals surface area contributed by atoms with Gasteiger partial charge in [0.25, 0.3) is 0 Å². The molecule has 0 radical (unpaired) electrons. The van der Waals surface area contributed by atoms with Crippen LogP contribution in [-0.4, -0.2) is 29.4 Å². The van der Waals surface area contributed by atoms with E-state index in [0.717, 1.165) is 22.3 Å². The Morgan fingerprint density at radius 3 is 2.17 bits per heavy atom. The number of carboxylic acid groups (broad SMARTS) is 1. The molecule has 2 unspecified atom stereocenters. The second kappa shape index (κ2) is 6.55. The van der Waals surface area contributed by atoms with Gasteiger partial charge in [0, 0.05) is 5.41 Å². The van der Waals surface area contributed by atoms with Crippen molar-refractivity contribution in [2.24, 2.45) is 11.3 Å². The van der Waals surface area contributed by atoms with Crippen molar-refractivity contribution in [1.29, 1.82) is 0 Å². The molecule has 1 aromatic rings. The van der Waals surface area contributed by atoms with E-state index in [2.05, 4.69) is 0 Å². The molecule has 0 amide bonds. The highest BCUT2D eigenvalue weighted by molar-refractivity contribution is 5.84. The van der Waals surface area contributed by atoms with Crippen LogP contribution in [0.1, 0.15) is 43.0 Å². The summed E-state index contributed by atoms with van der Waals surface area (Å²) in [6.45, 7) is 11.6. The third kappa shape index (κ3) is 3.78. The standard InChI is InChI=1S/C19H26O5/c1-10-7-11(2)13(12(3)8-10)9-14(16(20)21)15-17(22)24-18(23-15)19(4,5)6/h7-8,14-15,18H,9H2,1-6H3,(H,20,21)/t14?,15?,18-/m0/s1. The van der Waals surface area contributed by atoms with Crippen LogP contribution in [0, 0.1) is 32.1 Å². The van der Waals surface area contributed by atoms with E-state index >= 15 is 0 Å². The lowest BCUT2D eigenvalue weighted by molar-refractivity contribution is -0.155. The molecule has 2 rings (SSSR count). The molecule has 0 aliphatic carbocycles. The molecule has 132 valence electrons. The number of carbonyl (C=O) groups is 2. The van der Waals surface area contributed by atoms with Crippen molar-refractivity contribution in [3.05, 3.63) is 34.4 Å². The van der Waals surface area contributed by atoms with Gasteiger partial charge in [0.05, 0.1) is 5.92 Å². The number of aryl methyl sites for hydroxylation is 3. The fourth-order valence-corrected chi connectivity index (χ4v) is 3.10. The van der Waals surface area contributed by atoms with Gasteiger partial charge in [-0.2, -0.15) is 0 Å². The Hall–Kier alpha value is -1.88. The average Bonchev–Trinajstić information content (AvgIpc) is 2.79. The lowest BCUT2D eigenvalue weighted by atomic mass is 9.88. The van der Waals surface area contributed by atoms with Crippen LogP contribution in [0.15, 0.2) is 12.1 Å². The van der Waals surface area contributed by atoms with E-state index in [9.17, 15) is 14.7 Å². The highest BCUT2D eigenvalue weighted by Gasteiger charge is 2.47. The summed E-state index contributed by atoms with van der Waals surface area (Å²) < 4.78 is 10.9. The fourth-order valence-electron chi connectivity index (χ4n) is 3.10. The van der Waals surface area contributed by atoms with Crippen LogP contribution in [0.3, 0.4) is 0 Å². The molecular formula is C19H26O5. The molecule has 1 saturated heterocycles. The van der Waals surface area contributed by atoms with Crippen molar-refractivity contribution in [1.82, 2.24) is 0 Å². The van der Waals surface area contributed by atoms with Crippen molar-refractivity contribution in [3.8, 4) is 0 Å². The summed E-state index contributed by atoms with van der Waals surface area (Å²) in [6.07, 6.45) is -1.56. The highest BCUT2D eigenvalue weighted by Crippen LogP contribution is 2.33. The number of carbonyl (C=O) groups excluding carboxylic acids is 1. The van der Waals surface area contributed by atoms with Crippen LogP contribution < -0.4 is 0 Å². The Bertz CT molecular complexity index is 633. The number of esters is 1. The predicted molar refractivity (Wildman–Crippen MR) is 89.7 cm³/mol. The van der Waals surface area contributed by atoms with Crippen LogP contribution in [0.2, 0.25) is 0 Å². The van der Waals surface area contributed by atoms with Crippen LogP contribution in [0.5, 0.6) is 0 Å². The van der Waals surface area contributed by atoms with E-state index in [1.165, 1.54) is 0 Å². The summed E-state index contributed by atoms with van der Waals surface area (Å²) in [6, 6.07) is 4.04. The lowest BCUT2D eigenvalue weighted by Gasteiger charge is -2.25. The molecule has 1 aliphatic rings. The van der Waals surface area contributed by atoms with Crippen LogP contribution in [-0.2, 0) is 25.5 Å². The minimum Gasteiger partial charge on any atom is -0.481 e. The van der Waals surface area contributed by atoms with Gasteiger partial charge in [-0.3, -0.25) is 4.79 Å². The summed E-state index contributed by atoms with van der Waals surface area (Å²) >= 11 is 0. The largest absolute Gasteiger partial charge is 0.481 e. The summed E-state index contributed by atoms with van der Waals surface area (Å²) in [5, 5.41) is 9.65. The number of aliphatic carboxylic acids is 1. The molecule has 1 aromatic carbocycles. The number of hydrogen-bond acceptors (Lipinski definition) is 4. The van der Waals surface area contributed by atoms with Gasteiger partial charge in [0.1, 0.15) is 0 Å². The molecule has 5 heteroatoms. The normalized spacial score (nSPS) is 22.3. The highest BCUT2D eigenvalue weighted by atomic mass is 16.8. The Kier molecular flexibility index (Phi) is 5.04. The number of benzene rings is 1. The molecule has 1 fully saturated rings. The first-order valence-electron chi connectivity index (χ1n) is 8.16. The smallest absolute Gasteiger partial charge is 0.338 e. The van der Waals surface area contributed by atoms with Crippen molar-refractivity contribution in [2.45, 2.75) is 60.4 Å². The second-order valence-corrected chi connectivity index (χ2v) is 7.72. The third-order valence-electron chi connectivity index (χ3n) is 4.38. The molecule has 1 aliphatic heterocycles. The number of cyclic esters (lactones) is 1. The van der Waals surface area contributed by atoms with E-state index in [0.29, 0.717) is 0 Å². The molecule has 24 heavy (non-hydrogen) atoms. The van der Waals surface area contributed by atoms with Crippen molar-refractivity contribution < 1.29 is 24.2 Å². The number of hydrogen-bond donors (Lipinski definition) is 1. The van der Waals surface area contributed by atoms with Crippen LogP contribution in [0.4, 0.5) is 0 Å². The zero-order valence-corrected chi connectivity index (χ0v) is 15.2. The Morgan fingerprint density at radius 2 is 1.75 bits per heavy atom. The molecule has 5 nitrogen and oxygen atoms in total. The Morgan fingerprint density at radius 1 is 1.21 bits per heavy atom. The van der Waals surface area contributed by atoms with E-state index in [-0.39, 0.29) is 6.42 Å². The van der Waals surface area contributed by atoms with E-state index in [4.69, 9.17) is 9.47 Å². The Balaban J connectivity index is 2.29. The Labute approximate surface area is 143 Å². The molecule has 0 saturated carbocycles. The quantitative estimate of drug-likeness (QED) is 0.856. The second-order valence-electron chi connectivity index (χ2n) is 7.72. The topological polar surface area (TPSA) is 72.8 Å². The summed E-state index contributed by atoms with van der Waals surface area (Å²) in [5.74, 6) is -2.61. The number of carboxylic acids is 1. The first-order chi connectivity index (χ1) is 11.0.